The van der Waals surface area contributed by atoms with E-state index >= 15 is 0 Å². The van der Waals surface area contributed by atoms with Gasteiger partial charge in [-0.3, -0.25) is 14.2 Å². The Morgan fingerprint density at radius 3 is 2.72 bits per heavy atom. The lowest BCUT2D eigenvalue weighted by atomic mass is 9.89. The maximum absolute atomic E-state index is 12.7. The van der Waals surface area contributed by atoms with E-state index in [4.69, 9.17) is 11.6 Å². The summed E-state index contributed by atoms with van der Waals surface area (Å²) in [5, 5.41) is 16.7. The number of rotatable bonds is 8. The number of aromatic nitrogens is 7. The molecule has 0 atom stereocenters. The third kappa shape index (κ3) is 4.79. The Balaban J connectivity index is 1.14. The number of piperazine rings is 1. The normalized spacial score (nSPS) is 17.3. The molecular weight excluding hydrogens is 496 g/mol. The number of likely N-dealkylation sites (N-methyl/N-ethyl adjacent to an activating group) is 1. The summed E-state index contributed by atoms with van der Waals surface area (Å²) in [6.45, 7) is 14.8. The third-order valence-corrected chi connectivity index (χ3v) is 7.60. The van der Waals surface area contributed by atoms with Crippen LogP contribution in [0.3, 0.4) is 0 Å². The van der Waals surface area contributed by atoms with Gasteiger partial charge >= 0.3 is 0 Å². The summed E-state index contributed by atoms with van der Waals surface area (Å²) >= 11 is 0. The van der Waals surface area contributed by atoms with Crippen LogP contribution in [0.2, 0.25) is 0 Å². The van der Waals surface area contributed by atoms with Crippen LogP contribution >= 0.6 is 0 Å². The number of amides is 1. The van der Waals surface area contributed by atoms with E-state index < -0.39 is 0 Å². The number of hydrogen-bond donors (Lipinski definition) is 1. The minimum atomic E-state index is -0.348. The Kier molecular flexibility index (Phi) is 6.40. The molecule has 0 aliphatic carbocycles. The number of anilines is 3. The second kappa shape index (κ2) is 10.0. The van der Waals surface area contributed by atoms with Gasteiger partial charge in [-0.2, -0.15) is 15.2 Å². The van der Waals surface area contributed by atoms with Crippen molar-refractivity contribution in [3.05, 3.63) is 60.1 Å². The van der Waals surface area contributed by atoms with Gasteiger partial charge in [0.05, 0.1) is 36.9 Å². The average Bonchev–Trinajstić information content (AvgIpc) is 3.66. The third-order valence-electron chi connectivity index (χ3n) is 7.60. The molecule has 4 aromatic heterocycles. The zero-order chi connectivity index (χ0) is 27.0. The van der Waals surface area contributed by atoms with Crippen molar-refractivity contribution in [2.24, 2.45) is 0 Å². The summed E-state index contributed by atoms with van der Waals surface area (Å²) < 4.78 is 5.35. The smallest absolute Gasteiger partial charge is 0.247 e. The SMILES string of the molecule is [C-]#[N+]CC1(n2cc(CC)cn2)CN(c2cccn3nc(Nc4cnn(CC(=O)N5CCN(C)CC5)c4)nc23)C1. The van der Waals surface area contributed by atoms with E-state index in [9.17, 15) is 4.79 Å². The molecule has 2 aliphatic heterocycles. The molecule has 0 unspecified atom stereocenters. The molecule has 0 bridgehead atoms. The van der Waals surface area contributed by atoms with Crippen molar-refractivity contribution < 1.29 is 4.79 Å². The Labute approximate surface area is 226 Å². The number of carbonyl (C=O) groups excluding carboxylic acids is 1. The van der Waals surface area contributed by atoms with Gasteiger partial charge in [0.25, 0.3) is 0 Å². The van der Waals surface area contributed by atoms with Gasteiger partial charge < -0.3 is 24.9 Å². The largest absolute Gasteiger partial charge is 0.363 e. The summed E-state index contributed by atoms with van der Waals surface area (Å²) in [7, 11) is 2.07. The van der Waals surface area contributed by atoms with Crippen LogP contribution in [0.1, 0.15) is 12.5 Å². The van der Waals surface area contributed by atoms with Crippen molar-refractivity contribution in [2.75, 3.05) is 63.1 Å². The van der Waals surface area contributed by atoms with Gasteiger partial charge in [-0.05, 0) is 31.2 Å². The van der Waals surface area contributed by atoms with Gasteiger partial charge in [0, 0.05) is 44.8 Å². The molecule has 2 fully saturated rings. The van der Waals surface area contributed by atoms with E-state index in [0.29, 0.717) is 31.3 Å². The molecule has 2 aliphatic rings. The Morgan fingerprint density at radius 1 is 1.15 bits per heavy atom. The molecule has 6 heterocycles. The number of nitrogens with one attached hydrogen (secondary N) is 1. The molecule has 0 spiro atoms. The summed E-state index contributed by atoms with van der Waals surface area (Å²) in [6, 6.07) is 3.97. The first-order chi connectivity index (χ1) is 19.0. The molecule has 0 aromatic carbocycles. The fourth-order valence-electron chi connectivity index (χ4n) is 5.23. The first-order valence-corrected chi connectivity index (χ1v) is 13.2. The Hall–Kier alpha value is -4.44. The maximum atomic E-state index is 12.7. The first-order valence-electron chi connectivity index (χ1n) is 13.2. The van der Waals surface area contributed by atoms with Gasteiger partial charge in [-0.1, -0.05) is 6.92 Å². The number of pyridine rings is 1. The van der Waals surface area contributed by atoms with E-state index in [1.54, 1.807) is 21.6 Å². The molecule has 0 saturated carbocycles. The highest BCUT2D eigenvalue weighted by atomic mass is 16.2. The molecule has 6 rings (SSSR count). The summed E-state index contributed by atoms with van der Waals surface area (Å²) in [4.78, 5) is 27.4. The summed E-state index contributed by atoms with van der Waals surface area (Å²) in [6.07, 6.45) is 10.2. The van der Waals surface area contributed by atoms with Gasteiger partial charge in [-0.15, -0.1) is 5.10 Å². The van der Waals surface area contributed by atoms with Gasteiger partial charge in [0.1, 0.15) is 6.54 Å². The van der Waals surface area contributed by atoms with E-state index in [-0.39, 0.29) is 18.0 Å². The molecular formula is C26H32N12O. The minimum absolute atomic E-state index is 0.0677. The molecule has 202 valence electrons. The van der Waals surface area contributed by atoms with Crippen molar-refractivity contribution in [3.63, 3.8) is 0 Å². The Morgan fingerprint density at radius 2 is 1.97 bits per heavy atom. The summed E-state index contributed by atoms with van der Waals surface area (Å²) in [5.74, 6) is 0.512. The highest BCUT2D eigenvalue weighted by Crippen LogP contribution is 2.35. The number of carbonyl (C=O) groups is 1. The zero-order valence-electron chi connectivity index (χ0n) is 22.2. The molecule has 4 aromatic rings. The molecule has 2 saturated heterocycles. The second-order valence-corrected chi connectivity index (χ2v) is 10.4. The average molecular weight is 529 g/mol. The molecule has 0 radical (unpaired) electrons. The molecule has 1 amide bonds. The van der Waals surface area contributed by atoms with Crippen LogP contribution in [-0.2, 0) is 23.3 Å². The Bertz CT molecular complexity index is 1510. The predicted octanol–water partition coefficient (Wildman–Crippen LogP) is 1.34. The van der Waals surface area contributed by atoms with Gasteiger partial charge in [0.2, 0.25) is 18.4 Å². The molecule has 13 nitrogen and oxygen atoms in total. The van der Waals surface area contributed by atoms with Crippen LogP contribution in [0.5, 0.6) is 0 Å². The monoisotopic (exact) mass is 528 g/mol. The zero-order valence-corrected chi connectivity index (χ0v) is 22.2. The van der Waals surface area contributed by atoms with Crippen molar-refractivity contribution in [3.8, 4) is 0 Å². The van der Waals surface area contributed by atoms with Crippen LogP contribution in [0.25, 0.3) is 10.5 Å². The topological polar surface area (TPSA) is 109 Å². The lowest BCUT2D eigenvalue weighted by Crippen LogP contribution is -2.64. The lowest BCUT2D eigenvalue weighted by Gasteiger charge is -2.48. The number of hydrogen-bond acceptors (Lipinski definition) is 8. The molecule has 39 heavy (non-hydrogen) atoms. The fraction of sp³-hybridized carbons (Fsp3) is 0.462. The van der Waals surface area contributed by atoms with E-state index in [0.717, 1.165) is 43.9 Å². The fourth-order valence-corrected chi connectivity index (χ4v) is 5.23. The van der Waals surface area contributed by atoms with Crippen LogP contribution < -0.4 is 10.2 Å². The maximum Gasteiger partial charge on any atom is 0.247 e. The quantitative estimate of drug-likeness (QED) is 0.342. The minimum Gasteiger partial charge on any atom is -0.363 e. The van der Waals surface area contributed by atoms with Crippen LogP contribution in [0.15, 0.2) is 43.1 Å². The molecule has 13 heteroatoms. The van der Waals surface area contributed by atoms with Crippen LogP contribution in [0, 0.1) is 6.57 Å². The predicted molar refractivity (Wildman–Crippen MR) is 146 cm³/mol. The van der Waals surface area contributed by atoms with E-state index in [2.05, 4.69) is 55.4 Å². The van der Waals surface area contributed by atoms with E-state index in [1.165, 1.54) is 5.56 Å². The number of fused-ring (bicyclic) bond motifs is 1. The highest BCUT2D eigenvalue weighted by molar-refractivity contribution is 5.76. The molecule has 1 N–H and O–H groups in total. The van der Waals surface area contributed by atoms with E-state index in [1.807, 2.05) is 34.1 Å². The lowest BCUT2D eigenvalue weighted by molar-refractivity contribution is -0.133. The number of aryl methyl sites for hydroxylation is 1. The van der Waals surface area contributed by atoms with Crippen molar-refractivity contribution in [1.29, 1.82) is 0 Å². The first kappa shape index (κ1) is 24.9. The number of nitrogens with zero attached hydrogens (tertiary/aromatic N) is 11. The summed E-state index contributed by atoms with van der Waals surface area (Å²) in [5.41, 5.74) is 3.21. The highest BCUT2D eigenvalue weighted by Gasteiger charge is 2.49. The van der Waals surface area contributed by atoms with Gasteiger partial charge in [-0.25, -0.2) is 11.1 Å². The van der Waals surface area contributed by atoms with Gasteiger partial charge in [0.15, 0.2) is 11.2 Å². The van der Waals surface area contributed by atoms with Crippen molar-refractivity contribution in [1.82, 2.24) is 44.0 Å². The van der Waals surface area contributed by atoms with Crippen molar-refractivity contribution in [2.45, 2.75) is 25.4 Å². The van der Waals surface area contributed by atoms with Crippen LogP contribution in [-0.4, -0.2) is 103 Å². The standard InChI is InChI=1S/C26H32N12O/c1-4-20-12-29-38(14-20)26(17-27-2)18-35(19-26)22-6-5-7-37-24(22)31-25(32-37)30-21-13-28-36(15-21)16-23(39)34-10-8-33(3)9-11-34/h5-7,12-15H,4,8-11,16-19H2,1,3H3,(H,30,32). The second-order valence-electron chi connectivity index (χ2n) is 10.4. The van der Waals surface area contributed by atoms with Crippen molar-refractivity contribution >= 4 is 28.9 Å². The van der Waals surface area contributed by atoms with Crippen LogP contribution in [0.4, 0.5) is 17.3 Å².